The Morgan fingerprint density at radius 2 is 2.29 bits per heavy atom. The Bertz CT molecular complexity index is 260. The SMILES string of the molecule is C#CC(I)OC(=O)CNC(=O)C(C)N. The van der Waals surface area contributed by atoms with E-state index in [0.717, 1.165) is 0 Å². The number of terminal acetylenes is 1. The minimum Gasteiger partial charge on any atom is -0.438 e. The third-order valence-electron chi connectivity index (χ3n) is 1.19. The summed E-state index contributed by atoms with van der Waals surface area (Å²) >= 11 is 1.77. The van der Waals surface area contributed by atoms with Gasteiger partial charge < -0.3 is 15.8 Å². The molecule has 0 spiro atoms. The van der Waals surface area contributed by atoms with Crippen molar-refractivity contribution >= 4 is 34.5 Å². The number of hydrogen-bond donors (Lipinski definition) is 2. The Morgan fingerprint density at radius 3 is 2.71 bits per heavy atom. The van der Waals surface area contributed by atoms with Gasteiger partial charge >= 0.3 is 5.97 Å². The molecule has 0 saturated carbocycles. The quantitative estimate of drug-likeness (QED) is 0.314. The van der Waals surface area contributed by atoms with Gasteiger partial charge in [-0.3, -0.25) is 9.59 Å². The number of carbonyl (C=O) groups is 2. The van der Waals surface area contributed by atoms with E-state index in [2.05, 4.69) is 16.0 Å². The Labute approximate surface area is 95.9 Å². The summed E-state index contributed by atoms with van der Waals surface area (Å²) in [7, 11) is 0. The zero-order valence-electron chi connectivity index (χ0n) is 7.62. The summed E-state index contributed by atoms with van der Waals surface area (Å²) in [5.41, 5.74) is 5.25. The van der Waals surface area contributed by atoms with Crippen molar-refractivity contribution in [3.63, 3.8) is 0 Å². The molecule has 0 saturated heterocycles. The molecule has 0 aromatic carbocycles. The predicted octanol–water partition coefficient (Wildman–Crippen LogP) is -0.613. The van der Waals surface area contributed by atoms with Gasteiger partial charge in [0.25, 0.3) is 0 Å². The molecule has 0 bridgehead atoms. The fourth-order valence-corrected chi connectivity index (χ4v) is 0.795. The molecule has 14 heavy (non-hydrogen) atoms. The van der Waals surface area contributed by atoms with Crippen LogP contribution in [0, 0.1) is 12.3 Å². The second-order valence-electron chi connectivity index (χ2n) is 2.48. The van der Waals surface area contributed by atoms with E-state index in [9.17, 15) is 9.59 Å². The molecule has 2 unspecified atom stereocenters. The van der Waals surface area contributed by atoms with Gasteiger partial charge in [0.1, 0.15) is 6.54 Å². The van der Waals surface area contributed by atoms with E-state index in [1.54, 1.807) is 22.6 Å². The van der Waals surface area contributed by atoms with Crippen LogP contribution >= 0.6 is 22.6 Å². The number of alkyl halides is 1. The fourth-order valence-electron chi connectivity index (χ4n) is 0.511. The van der Waals surface area contributed by atoms with Crippen LogP contribution < -0.4 is 11.1 Å². The van der Waals surface area contributed by atoms with Crippen molar-refractivity contribution in [2.75, 3.05) is 6.54 Å². The Hall–Kier alpha value is -0.810. The summed E-state index contributed by atoms with van der Waals surface area (Å²) < 4.78 is 4.07. The first kappa shape index (κ1) is 13.2. The van der Waals surface area contributed by atoms with Crippen molar-refractivity contribution in [3.8, 4) is 12.3 Å². The molecule has 1 amide bonds. The Kier molecular flexibility index (Phi) is 6.23. The van der Waals surface area contributed by atoms with Crippen LogP contribution in [0.5, 0.6) is 0 Å². The zero-order chi connectivity index (χ0) is 11.1. The van der Waals surface area contributed by atoms with E-state index in [1.165, 1.54) is 6.92 Å². The van der Waals surface area contributed by atoms with E-state index in [-0.39, 0.29) is 6.54 Å². The summed E-state index contributed by atoms with van der Waals surface area (Å²) in [5.74, 6) is 1.22. The molecule has 2 atom stereocenters. The lowest BCUT2D eigenvalue weighted by molar-refractivity contribution is -0.143. The van der Waals surface area contributed by atoms with Gasteiger partial charge in [-0.05, 0) is 29.5 Å². The standard InChI is InChI=1S/C8H11IN2O3/c1-3-6(9)14-7(12)4-11-8(13)5(2)10/h1,5-6H,4,10H2,2H3,(H,11,13). The lowest BCUT2D eigenvalue weighted by Gasteiger charge is -2.08. The van der Waals surface area contributed by atoms with Gasteiger partial charge in [-0.2, -0.15) is 0 Å². The van der Waals surface area contributed by atoms with Crippen LogP contribution in [0.1, 0.15) is 6.92 Å². The molecule has 0 rings (SSSR count). The maximum absolute atomic E-state index is 11.0. The lowest BCUT2D eigenvalue weighted by Crippen LogP contribution is -2.41. The van der Waals surface area contributed by atoms with Crippen molar-refractivity contribution < 1.29 is 14.3 Å². The van der Waals surface area contributed by atoms with Gasteiger partial charge in [-0.1, -0.05) is 5.92 Å². The first-order chi connectivity index (χ1) is 6.47. The smallest absolute Gasteiger partial charge is 0.327 e. The van der Waals surface area contributed by atoms with E-state index in [1.807, 2.05) is 0 Å². The summed E-state index contributed by atoms with van der Waals surface area (Å²) in [6.07, 6.45) is 4.98. The summed E-state index contributed by atoms with van der Waals surface area (Å²) in [4.78, 5) is 21.9. The molecule has 0 heterocycles. The Morgan fingerprint density at radius 1 is 1.71 bits per heavy atom. The molecule has 0 radical (unpaired) electrons. The van der Waals surface area contributed by atoms with Gasteiger partial charge in [-0.15, -0.1) is 6.42 Å². The topological polar surface area (TPSA) is 81.4 Å². The van der Waals surface area contributed by atoms with Crippen molar-refractivity contribution in [1.82, 2.24) is 5.32 Å². The summed E-state index contributed by atoms with van der Waals surface area (Å²) in [5, 5.41) is 2.30. The highest BCUT2D eigenvalue weighted by molar-refractivity contribution is 14.1. The van der Waals surface area contributed by atoms with Crippen molar-refractivity contribution in [2.24, 2.45) is 5.73 Å². The average Bonchev–Trinajstić information content (AvgIpc) is 2.13. The molecule has 0 fully saturated rings. The number of nitrogens with two attached hydrogens (primary N) is 1. The molecule has 0 aromatic rings. The van der Waals surface area contributed by atoms with Gasteiger partial charge in [0.15, 0.2) is 0 Å². The normalized spacial score (nSPS) is 13.6. The molecule has 0 aliphatic rings. The molecule has 0 aliphatic carbocycles. The second kappa shape index (κ2) is 6.62. The van der Waals surface area contributed by atoms with E-state index >= 15 is 0 Å². The minimum atomic E-state index is -0.647. The number of halogens is 1. The number of amides is 1. The zero-order valence-corrected chi connectivity index (χ0v) is 9.78. The monoisotopic (exact) mass is 310 g/mol. The van der Waals surface area contributed by atoms with Crippen LogP contribution in [0.4, 0.5) is 0 Å². The van der Waals surface area contributed by atoms with Crippen LogP contribution in [0.25, 0.3) is 0 Å². The van der Waals surface area contributed by atoms with E-state index in [4.69, 9.17) is 12.2 Å². The van der Waals surface area contributed by atoms with Crippen LogP contribution in [-0.4, -0.2) is 28.6 Å². The van der Waals surface area contributed by atoms with Gasteiger partial charge in [0.2, 0.25) is 10.0 Å². The molecule has 3 N–H and O–H groups in total. The fraction of sp³-hybridized carbons (Fsp3) is 0.500. The average molecular weight is 310 g/mol. The number of carbonyl (C=O) groups excluding carboxylic acids is 2. The molecular weight excluding hydrogens is 299 g/mol. The predicted molar refractivity (Wildman–Crippen MR) is 59.4 cm³/mol. The highest BCUT2D eigenvalue weighted by Gasteiger charge is 2.11. The third-order valence-corrected chi connectivity index (χ3v) is 1.80. The van der Waals surface area contributed by atoms with Gasteiger partial charge in [-0.25, -0.2) is 0 Å². The second-order valence-corrected chi connectivity index (χ2v) is 3.61. The van der Waals surface area contributed by atoms with Crippen LogP contribution in [0.3, 0.4) is 0 Å². The number of rotatable bonds is 4. The number of nitrogens with one attached hydrogen (secondary N) is 1. The highest BCUT2D eigenvalue weighted by Crippen LogP contribution is 1.99. The molecule has 78 valence electrons. The lowest BCUT2D eigenvalue weighted by atomic mass is 10.3. The minimum absolute atomic E-state index is 0.221. The molecule has 0 aromatic heterocycles. The van der Waals surface area contributed by atoms with Crippen molar-refractivity contribution in [3.05, 3.63) is 0 Å². The van der Waals surface area contributed by atoms with Gasteiger partial charge in [0, 0.05) is 0 Å². The van der Waals surface area contributed by atoms with Crippen molar-refractivity contribution in [2.45, 2.75) is 17.1 Å². The molecule has 6 heteroatoms. The molecular formula is C8H11IN2O3. The first-order valence-corrected chi connectivity index (χ1v) is 5.05. The number of hydrogen-bond acceptors (Lipinski definition) is 4. The maximum Gasteiger partial charge on any atom is 0.327 e. The summed E-state index contributed by atoms with van der Waals surface area (Å²) in [6, 6.07) is -0.647. The molecule has 5 nitrogen and oxygen atoms in total. The van der Waals surface area contributed by atoms with Crippen LogP contribution in [0.2, 0.25) is 0 Å². The number of ether oxygens (including phenoxy) is 1. The largest absolute Gasteiger partial charge is 0.438 e. The first-order valence-electron chi connectivity index (χ1n) is 3.80. The number of esters is 1. The molecule has 0 aliphatic heterocycles. The van der Waals surface area contributed by atoms with E-state index < -0.39 is 22.0 Å². The highest BCUT2D eigenvalue weighted by atomic mass is 127. The summed E-state index contributed by atoms with van der Waals surface area (Å²) in [6.45, 7) is 1.30. The van der Waals surface area contributed by atoms with E-state index in [0.29, 0.717) is 0 Å². The van der Waals surface area contributed by atoms with Crippen molar-refractivity contribution in [1.29, 1.82) is 0 Å². The third kappa shape index (κ3) is 5.77. The Balaban J connectivity index is 3.76. The maximum atomic E-state index is 11.0. The van der Waals surface area contributed by atoms with Crippen LogP contribution in [0.15, 0.2) is 0 Å². The van der Waals surface area contributed by atoms with Gasteiger partial charge in [0.05, 0.1) is 6.04 Å². The van der Waals surface area contributed by atoms with Crippen LogP contribution in [-0.2, 0) is 14.3 Å².